The number of rotatable bonds is 7. The molecule has 1 N–H and O–H groups in total. The van der Waals surface area contributed by atoms with Gasteiger partial charge in [-0.25, -0.2) is 0 Å². The fourth-order valence-corrected chi connectivity index (χ4v) is 2.59. The van der Waals surface area contributed by atoms with Crippen LogP contribution < -0.4 is 0 Å². The van der Waals surface area contributed by atoms with Crippen LogP contribution in [0.3, 0.4) is 0 Å². The second kappa shape index (κ2) is 6.86. The van der Waals surface area contributed by atoms with Crippen LogP contribution in [0.15, 0.2) is 30.3 Å². The minimum absolute atomic E-state index is 0.0732. The molecule has 1 aliphatic rings. The van der Waals surface area contributed by atoms with Crippen LogP contribution >= 0.6 is 0 Å². The van der Waals surface area contributed by atoms with Gasteiger partial charge in [0.15, 0.2) is 0 Å². The maximum Gasteiger partial charge on any atom is 0.230 e. The van der Waals surface area contributed by atoms with Crippen molar-refractivity contribution in [2.24, 2.45) is 5.92 Å². The molecule has 1 aliphatic carbocycles. The Hall–Kier alpha value is -1.39. The van der Waals surface area contributed by atoms with Crippen molar-refractivity contribution >= 4 is 5.91 Å². The number of amides is 1. The third-order valence-electron chi connectivity index (χ3n) is 3.74. The average molecular weight is 277 g/mol. The molecule has 0 aliphatic heterocycles. The minimum Gasteiger partial charge on any atom is -0.389 e. The highest BCUT2D eigenvalue weighted by atomic mass is 16.5. The topological polar surface area (TPSA) is 49.8 Å². The molecular weight excluding hydrogens is 254 g/mol. The lowest BCUT2D eigenvalue weighted by Crippen LogP contribution is -2.39. The number of hydrogen-bond donors (Lipinski definition) is 1. The summed E-state index contributed by atoms with van der Waals surface area (Å²) in [6, 6.07) is 9.93. The van der Waals surface area contributed by atoms with Crippen LogP contribution in [0.5, 0.6) is 0 Å². The van der Waals surface area contributed by atoms with Crippen molar-refractivity contribution in [1.82, 2.24) is 4.90 Å². The number of ether oxygens (including phenoxy) is 1. The van der Waals surface area contributed by atoms with Gasteiger partial charge in [-0.15, -0.1) is 0 Å². The third kappa shape index (κ3) is 3.81. The first-order chi connectivity index (χ1) is 9.63. The molecule has 2 unspecified atom stereocenters. The van der Waals surface area contributed by atoms with E-state index in [-0.39, 0.29) is 18.4 Å². The molecule has 0 saturated heterocycles. The Morgan fingerprint density at radius 3 is 2.60 bits per heavy atom. The highest BCUT2D eigenvalue weighted by molar-refractivity contribution is 5.84. The van der Waals surface area contributed by atoms with Crippen molar-refractivity contribution < 1.29 is 14.6 Å². The number of likely N-dealkylation sites (N-methyl/N-ethyl adjacent to an activating group) is 1. The van der Waals surface area contributed by atoms with E-state index in [2.05, 4.69) is 0 Å². The molecule has 4 heteroatoms. The summed E-state index contributed by atoms with van der Waals surface area (Å²) in [6.45, 7) is 0.555. The van der Waals surface area contributed by atoms with Gasteiger partial charge in [-0.3, -0.25) is 4.79 Å². The predicted molar refractivity (Wildman–Crippen MR) is 77.4 cm³/mol. The van der Waals surface area contributed by atoms with E-state index in [9.17, 15) is 9.90 Å². The lowest BCUT2D eigenvalue weighted by Gasteiger charge is -2.26. The highest BCUT2D eigenvalue weighted by Gasteiger charge is 2.38. The number of carbonyl (C=O) groups excluding carboxylic acids is 1. The summed E-state index contributed by atoms with van der Waals surface area (Å²) in [6.07, 6.45) is 1.59. The van der Waals surface area contributed by atoms with Crippen molar-refractivity contribution in [3.63, 3.8) is 0 Å². The Kier molecular flexibility index (Phi) is 5.15. The van der Waals surface area contributed by atoms with Gasteiger partial charge in [-0.05, 0) is 24.3 Å². The molecule has 110 valence electrons. The number of carbonyl (C=O) groups is 1. The number of benzene rings is 1. The van der Waals surface area contributed by atoms with Gasteiger partial charge in [-0.2, -0.15) is 0 Å². The standard InChI is InChI=1S/C16H23NO3/c1-17(10-14(18)11-20-2)16(19)15(13-8-9-13)12-6-4-3-5-7-12/h3-7,13-15,18H,8-11H2,1-2H3. The van der Waals surface area contributed by atoms with E-state index in [4.69, 9.17) is 4.74 Å². The monoisotopic (exact) mass is 277 g/mol. The lowest BCUT2D eigenvalue weighted by atomic mass is 9.93. The maximum absolute atomic E-state index is 12.6. The zero-order valence-electron chi connectivity index (χ0n) is 12.2. The van der Waals surface area contributed by atoms with E-state index in [0.717, 1.165) is 18.4 Å². The summed E-state index contributed by atoms with van der Waals surface area (Å²) in [5.74, 6) is 0.469. The molecule has 1 aromatic carbocycles. The van der Waals surface area contributed by atoms with E-state index in [1.807, 2.05) is 30.3 Å². The summed E-state index contributed by atoms with van der Waals surface area (Å²) in [5.41, 5.74) is 1.08. The number of hydrogen-bond acceptors (Lipinski definition) is 3. The Morgan fingerprint density at radius 1 is 1.40 bits per heavy atom. The molecule has 20 heavy (non-hydrogen) atoms. The summed E-state index contributed by atoms with van der Waals surface area (Å²) in [7, 11) is 3.29. The Labute approximate surface area is 120 Å². The molecular formula is C16H23NO3. The van der Waals surface area contributed by atoms with Crippen LogP contribution in [-0.2, 0) is 9.53 Å². The lowest BCUT2D eigenvalue weighted by molar-refractivity contribution is -0.133. The van der Waals surface area contributed by atoms with Gasteiger partial charge in [0.2, 0.25) is 5.91 Å². The van der Waals surface area contributed by atoms with Crippen LogP contribution in [0.2, 0.25) is 0 Å². The average Bonchev–Trinajstić information content (AvgIpc) is 3.25. The number of methoxy groups -OCH3 is 1. The minimum atomic E-state index is -0.635. The molecule has 1 saturated carbocycles. The van der Waals surface area contributed by atoms with Gasteiger partial charge in [0.1, 0.15) is 0 Å². The molecule has 0 aromatic heterocycles. The summed E-state index contributed by atoms with van der Waals surface area (Å²) in [4.78, 5) is 14.3. The van der Waals surface area contributed by atoms with E-state index in [1.165, 1.54) is 0 Å². The Morgan fingerprint density at radius 2 is 2.05 bits per heavy atom. The zero-order chi connectivity index (χ0) is 14.5. The van der Waals surface area contributed by atoms with Gasteiger partial charge in [0.05, 0.1) is 18.6 Å². The maximum atomic E-state index is 12.6. The molecule has 1 fully saturated rings. The largest absolute Gasteiger partial charge is 0.389 e. The van der Waals surface area contributed by atoms with Gasteiger partial charge < -0.3 is 14.7 Å². The van der Waals surface area contributed by atoms with E-state index in [0.29, 0.717) is 12.5 Å². The fraction of sp³-hybridized carbons (Fsp3) is 0.562. The third-order valence-corrected chi connectivity index (χ3v) is 3.74. The van der Waals surface area contributed by atoms with Gasteiger partial charge >= 0.3 is 0 Å². The molecule has 4 nitrogen and oxygen atoms in total. The van der Waals surface area contributed by atoms with Crippen LogP contribution in [0.25, 0.3) is 0 Å². The molecule has 0 radical (unpaired) electrons. The van der Waals surface area contributed by atoms with Crippen molar-refractivity contribution in [2.45, 2.75) is 24.9 Å². The first-order valence-electron chi connectivity index (χ1n) is 7.10. The summed E-state index contributed by atoms with van der Waals surface area (Å²) >= 11 is 0. The summed E-state index contributed by atoms with van der Waals surface area (Å²) in [5, 5.41) is 9.76. The Balaban J connectivity index is 2.04. The van der Waals surface area contributed by atoms with E-state index in [1.54, 1.807) is 19.1 Å². The second-order valence-electron chi connectivity index (χ2n) is 5.55. The van der Waals surface area contributed by atoms with E-state index < -0.39 is 6.10 Å². The number of aliphatic hydroxyl groups is 1. The molecule has 0 heterocycles. The predicted octanol–water partition coefficient (Wildman–Crippen LogP) is 1.65. The van der Waals surface area contributed by atoms with Crippen molar-refractivity contribution in [3.05, 3.63) is 35.9 Å². The normalized spacial score (nSPS) is 17.6. The number of nitrogens with zero attached hydrogens (tertiary/aromatic N) is 1. The Bertz CT molecular complexity index is 431. The molecule has 2 atom stereocenters. The van der Waals surface area contributed by atoms with Crippen LogP contribution in [0, 0.1) is 5.92 Å². The molecule has 0 spiro atoms. The fourth-order valence-electron chi connectivity index (χ4n) is 2.59. The molecule has 2 rings (SSSR count). The zero-order valence-corrected chi connectivity index (χ0v) is 12.2. The molecule has 0 bridgehead atoms. The molecule has 1 aromatic rings. The smallest absolute Gasteiger partial charge is 0.230 e. The SMILES string of the molecule is COCC(O)CN(C)C(=O)C(c1ccccc1)C1CC1. The highest BCUT2D eigenvalue weighted by Crippen LogP contribution is 2.43. The van der Waals surface area contributed by atoms with E-state index >= 15 is 0 Å². The van der Waals surface area contributed by atoms with Crippen LogP contribution in [-0.4, -0.2) is 49.3 Å². The van der Waals surface area contributed by atoms with Crippen molar-refractivity contribution in [3.8, 4) is 0 Å². The summed E-state index contributed by atoms with van der Waals surface area (Å²) < 4.78 is 4.90. The van der Waals surface area contributed by atoms with Gasteiger partial charge in [0, 0.05) is 20.7 Å². The second-order valence-corrected chi connectivity index (χ2v) is 5.55. The number of aliphatic hydroxyl groups excluding tert-OH is 1. The first kappa shape index (κ1) is 15.0. The first-order valence-corrected chi connectivity index (χ1v) is 7.10. The van der Waals surface area contributed by atoms with Crippen molar-refractivity contribution in [1.29, 1.82) is 0 Å². The van der Waals surface area contributed by atoms with Crippen LogP contribution in [0.4, 0.5) is 0 Å². The van der Waals surface area contributed by atoms with Crippen LogP contribution in [0.1, 0.15) is 24.3 Å². The van der Waals surface area contributed by atoms with Gasteiger partial charge in [-0.1, -0.05) is 30.3 Å². The molecule has 1 amide bonds. The quantitative estimate of drug-likeness (QED) is 0.824. The van der Waals surface area contributed by atoms with Crippen molar-refractivity contribution in [2.75, 3.05) is 27.3 Å². The van der Waals surface area contributed by atoms with Gasteiger partial charge in [0.25, 0.3) is 0 Å².